The van der Waals surface area contributed by atoms with Gasteiger partial charge in [0.25, 0.3) is 0 Å². The van der Waals surface area contributed by atoms with Crippen LogP contribution in [0, 0.1) is 0 Å². The minimum Gasteiger partial charge on any atom is -0.444 e. The largest absolute Gasteiger partial charge is 0.444 e. The summed E-state index contributed by atoms with van der Waals surface area (Å²) < 4.78 is 5.58. The molecule has 3 nitrogen and oxygen atoms in total. The summed E-state index contributed by atoms with van der Waals surface area (Å²) in [5.41, 5.74) is 3.10. The Labute approximate surface area is 120 Å². The lowest BCUT2D eigenvalue weighted by molar-refractivity contribution is 0.00747. The molecule has 20 heavy (non-hydrogen) atoms. The molecule has 0 saturated carbocycles. The summed E-state index contributed by atoms with van der Waals surface area (Å²) in [7, 11) is 0. The van der Waals surface area contributed by atoms with Crippen LogP contribution >= 0.6 is 0 Å². The summed E-state index contributed by atoms with van der Waals surface area (Å²) in [4.78, 5) is 14.4. The Bertz CT molecular complexity index is 571. The molecule has 1 aromatic carbocycles. The van der Waals surface area contributed by atoms with E-state index in [0.717, 1.165) is 18.4 Å². The standard InChI is InChI=1S/C17H21NO2/c1-11-9-10-14-12-7-5-6-8-13(12)15(11)18(14)16(19)20-17(2,3)4/h5-8,14-15H,1,9-10H2,2-4H3. The molecule has 1 fully saturated rings. The molecule has 2 atom stereocenters. The summed E-state index contributed by atoms with van der Waals surface area (Å²) >= 11 is 0. The number of benzene rings is 1. The topological polar surface area (TPSA) is 29.5 Å². The molecular formula is C17H21NO2. The second-order valence-corrected chi connectivity index (χ2v) is 6.63. The number of piperidine rings is 1. The van der Waals surface area contributed by atoms with Gasteiger partial charge in [0.15, 0.2) is 0 Å². The molecule has 106 valence electrons. The maximum atomic E-state index is 12.6. The van der Waals surface area contributed by atoms with Crippen molar-refractivity contribution in [1.29, 1.82) is 0 Å². The molecule has 2 heterocycles. The maximum absolute atomic E-state index is 12.6. The molecule has 3 heteroatoms. The van der Waals surface area contributed by atoms with Crippen molar-refractivity contribution in [2.45, 2.75) is 51.3 Å². The van der Waals surface area contributed by atoms with Crippen LogP contribution in [-0.2, 0) is 4.74 Å². The first kappa shape index (κ1) is 13.2. The first-order valence-electron chi connectivity index (χ1n) is 7.16. The van der Waals surface area contributed by atoms with Crippen LogP contribution in [0.2, 0.25) is 0 Å². The molecule has 2 unspecified atom stereocenters. The van der Waals surface area contributed by atoms with E-state index in [0.29, 0.717) is 0 Å². The molecule has 1 saturated heterocycles. The lowest BCUT2D eigenvalue weighted by Gasteiger charge is -2.37. The number of carbonyl (C=O) groups excluding carboxylic acids is 1. The van der Waals surface area contributed by atoms with Crippen LogP contribution in [0.3, 0.4) is 0 Å². The molecule has 0 radical (unpaired) electrons. The monoisotopic (exact) mass is 271 g/mol. The highest BCUT2D eigenvalue weighted by atomic mass is 16.6. The van der Waals surface area contributed by atoms with Crippen LogP contribution in [0.4, 0.5) is 4.79 Å². The second-order valence-electron chi connectivity index (χ2n) is 6.63. The minimum atomic E-state index is -0.471. The van der Waals surface area contributed by atoms with Gasteiger partial charge in [-0.25, -0.2) is 4.79 Å². The molecule has 1 aromatic rings. The van der Waals surface area contributed by atoms with Crippen molar-refractivity contribution in [1.82, 2.24) is 4.90 Å². The van der Waals surface area contributed by atoms with Crippen molar-refractivity contribution >= 4 is 6.09 Å². The van der Waals surface area contributed by atoms with Gasteiger partial charge in [0, 0.05) is 0 Å². The fourth-order valence-corrected chi connectivity index (χ4v) is 3.26. The minimum absolute atomic E-state index is 0.0141. The van der Waals surface area contributed by atoms with E-state index in [1.165, 1.54) is 11.1 Å². The molecule has 3 rings (SSSR count). The summed E-state index contributed by atoms with van der Waals surface area (Å²) in [6.45, 7) is 9.88. The highest BCUT2D eigenvalue weighted by Gasteiger charge is 2.46. The van der Waals surface area contributed by atoms with Crippen molar-refractivity contribution in [3.8, 4) is 0 Å². The van der Waals surface area contributed by atoms with E-state index in [9.17, 15) is 4.79 Å². The third-order valence-corrected chi connectivity index (χ3v) is 3.99. The van der Waals surface area contributed by atoms with Crippen molar-refractivity contribution in [3.05, 3.63) is 47.5 Å². The van der Waals surface area contributed by atoms with Crippen LogP contribution in [0.25, 0.3) is 0 Å². The van der Waals surface area contributed by atoms with E-state index in [1.54, 1.807) is 0 Å². The van der Waals surface area contributed by atoms with Crippen LogP contribution in [-0.4, -0.2) is 16.6 Å². The molecule has 2 aliphatic rings. The number of hydrogen-bond acceptors (Lipinski definition) is 2. The third-order valence-electron chi connectivity index (χ3n) is 3.99. The highest BCUT2D eigenvalue weighted by molar-refractivity contribution is 5.72. The number of nitrogens with zero attached hydrogens (tertiary/aromatic N) is 1. The Kier molecular flexibility index (Phi) is 2.89. The number of amides is 1. The van der Waals surface area contributed by atoms with Gasteiger partial charge in [-0.2, -0.15) is 0 Å². The molecular weight excluding hydrogens is 250 g/mol. The number of rotatable bonds is 0. The van der Waals surface area contributed by atoms with E-state index >= 15 is 0 Å². The molecule has 2 bridgehead atoms. The second kappa shape index (κ2) is 4.37. The van der Waals surface area contributed by atoms with Crippen LogP contribution in [0.5, 0.6) is 0 Å². The maximum Gasteiger partial charge on any atom is 0.411 e. The van der Waals surface area contributed by atoms with Gasteiger partial charge >= 0.3 is 6.09 Å². The van der Waals surface area contributed by atoms with Gasteiger partial charge in [-0.1, -0.05) is 36.4 Å². The third kappa shape index (κ3) is 2.01. The van der Waals surface area contributed by atoms with E-state index in [2.05, 4.69) is 18.7 Å². The van der Waals surface area contributed by atoms with Crippen molar-refractivity contribution < 1.29 is 9.53 Å². The summed E-state index contributed by atoms with van der Waals surface area (Å²) in [5.74, 6) is 0. The fourth-order valence-electron chi connectivity index (χ4n) is 3.26. The van der Waals surface area contributed by atoms with E-state index in [1.807, 2.05) is 37.8 Å². The van der Waals surface area contributed by atoms with Crippen molar-refractivity contribution in [2.24, 2.45) is 0 Å². The van der Waals surface area contributed by atoms with Gasteiger partial charge in [0.1, 0.15) is 5.60 Å². The molecule has 0 N–H and O–H groups in total. The predicted octanol–water partition coefficient (Wildman–Crippen LogP) is 4.37. The first-order chi connectivity index (χ1) is 9.38. The van der Waals surface area contributed by atoms with E-state index in [4.69, 9.17) is 4.74 Å². The Morgan fingerprint density at radius 1 is 1.30 bits per heavy atom. The summed E-state index contributed by atoms with van der Waals surface area (Å²) in [6.07, 6.45) is 1.68. The van der Waals surface area contributed by atoms with Crippen LogP contribution < -0.4 is 0 Å². The smallest absolute Gasteiger partial charge is 0.411 e. The lowest BCUT2D eigenvalue weighted by Crippen LogP contribution is -2.40. The Hall–Kier alpha value is -1.77. The SMILES string of the molecule is C=C1CCC2c3ccccc3C1N2C(=O)OC(C)(C)C. The molecule has 0 aliphatic carbocycles. The van der Waals surface area contributed by atoms with Gasteiger partial charge < -0.3 is 4.74 Å². The van der Waals surface area contributed by atoms with Crippen molar-refractivity contribution in [2.75, 3.05) is 0 Å². The summed E-state index contributed by atoms with van der Waals surface area (Å²) in [5, 5.41) is 0. The number of carbonyl (C=O) groups is 1. The van der Waals surface area contributed by atoms with Crippen molar-refractivity contribution in [3.63, 3.8) is 0 Å². The Balaban J connectivity index is 1.98. The van der Waals surface area contributed by atoms with E-state index < -0.39 is 5.60 Å². The summed E-state index contributed by atoms with van der Waals surface area (Å²) in [6, 6.07) is 8.41. The lowest BCUT2D eigenvalue weighted by atomic mass is 9.96. The number of hydrogen-bond donors (Lipinski definition) is 0. The van der Waals surface area contributed by atoms with Gasteiger partial charge in [0.05, 0.1) is 12.1 Å². The predicted molar refractivity (Wildman–Crippen MR) is 78.4 cm³/mol. The average Bonchev–Trinajstić information content (AvgIpc) is 2.62. The van der Waals surface area contributed by atoms with Crippen LogP contribution in [0.15, 0.2) is 36.4 Å². The van der Waals surface area contributed by atoms with Gasteiger partial charge in [-0.3, -0.25) is 4.90 Å². The normalized spacial score (nSPS) is 24.6. The number of fused-ring (bicyclic) bond motifs is 5. The number of ether oxygens (including phenoxy) is 1. The van der Waals surface area contributed by atoms with Gasteiger partial charge in [-0.15, -0.1) is 0 Å². The zero-order chi connectivity index (χ0) is 14.5. The Morgan fingerprint density at radius 3 is 2.60 bits per heavy atom. The molecule has 1 amide bonds. The highest BCUT2D eigenvalue weighted by Crippen LogP contribution is 2.52. The van der Waals surface area contributed by atoms with Gasteiger partial charge in [-0.05, 0) is 44.7 Å². The average molecular weight is 271 g/mol. The van der Waals surface area contributed by atoms with E-state index in [-0.39, 0.29) is 18.2 Å². The quantitative estimate of drug-likeness (QED) is 0.656. The zero-order valence-corrected chi connectivity index (χ0v) is 12.3. The zero-order valence-electron chi connectivity index (χ0n) is 12.3. The first-order valence-corrected chi connectivity index (χ1v) is 7.16. The van der Waals surface area contributed by atoms with Crippen LogP contribution in [0.1, 0.15) is 56.8 Å². The molecule has 0 aromatic heterocycles. The Morgan fingerprint density at radius 2 is 1.95 bits per heavy atom. The van der Waals surface area contributed by atoms with Gasteiger partial charge in [0.2, 0.25) is 0 Å². The molecule has 2 aliphatic heterocycles. The fraction of sp³-hybridized carbons (Fsp3) is 0.471. The molecule has 0 spiro atoms.